The van der Waals surface area contributed by atoms with Gasteiger partial charge in [0.05, 0.1) is 11.2 Å². The minimum atomic E-state index is -0.195. The first-order chi connectivity index (χ1) is 21.4. The van der Waals surface area contributed by atoms with E-state index in [0.29, 0.717) is 46.7 Å². The summed E-state index contributed by atoms with van der Waals surface area (Å²) in [6.07, 6.45) is 12.2. The molecule has 5 rings (SSSR count). The number of thiazole rings is 1. The largest absolute Gasteiger partial charge is 0.371 e. The van der Waals surface area contributed by atoms with Crippen molar-refractivity contribution in [3.8, 4) is 0 Å². The number of hydrogen-bond donors (Lipinski definition) is 2. The number of nitrogens with one attached hydrogen (secondary N) is 2. The Labute approximate surface area is 265 Å². The van der Waals surface area contributed by atoms with Gasteiger partial charge in [-0.1, -0.05) is 37.1 Å². The lowest BCUT2D eigenvalue weighted by Crippen LogP contribution is -2.25. The third kappa shape index (κ3) is 8.78. The molecule has 1 saturated heterocycles. The van der Waals surface area contributed by atoms with Crippen LogP contribution < -0.4 is 15.5 Å². The molecule has 2 heterocycles. The topological polar surface area (TPSA) is 91.4 Å². The lowest BCUT2D eigenvalue weighted by Gasteiger charge is -2.25. The minimum Gasteiger partial charge on any atom is -0.371 e. The SMILES string of the molecule is Cc1ncc(C(=O)Nc2cc(C(=O)NCCCC3CCCCC(=O)C3)ccc2CC2CCCN(c3ccccc3C)CC2)s1. The summed E-state index contributed by atoms with van der Waals surface area (Å²) in [6, 6.07) is 14.3. The Morgan fingerprint density at radius 3 is 2.64 bits per heavy atom. The van der Waals surface area contributed by atoms with E-state index >= 15 is 0 Å². The lowest BCUT2D eigenvalue weighted by molar-refractivity contribution is -0.119. The summed E-state index contributed by atoms with van der Waals surface area (Å²) in [6.45, 7) is 6.69. The number of nitrogens with zero attached hydrogens (tertiary/aromatic N) is 2. The maximum absolute atomic E-state index is 13.2. The zero-order valence-corrected chi connectivity index (χ0v) is 27.0. The van der Waals surface area contributed by atoms with Crippen LogP contribution >= 0.6 is 11.3 Å². The molecule has 2 aliphatic rings. The van der Waals surface area contributed by atoms with Gasteiger partial charge in [-0.2, -0.15) is 0 Å². The van der Waals surface area contributed by atoms with E-state index in [2.05, 4.69) is 51.7 Å². The molecule has 8 heteroatoms. The molecule has 1 aliphatic carbocycles. The van der Waals surface area contributed by atoms with Crippen molar-refractivity contribution in [2.45, 2.75) is 84.5 Å². The number of hydrogen-bond acceptors (Lipinski definition) is 6. The van der Waals surface area contributed by atoms with Gasteiger partial charge in [0, 0.05) is 49.4 Å². The summed E-state index contributed by atoms with van der Waals surface area (Å²) in [5, 5.41) is 7.02. The fraction of sp³-hybridized carbons (Fsp3) is 0.500. The number of aromatic nitrogens is 1. The van der Waals surface area contributed by atoms with Gasteiger partial charge in [-0.05, 0) is 100.0 Å². The third-order valence-electron chi connectivity index (χ3n) is 9.19. The molecule has 2 atom stereocenters. The summed E-state index contributed by atoms with van der Waals surface area (Å²) in [5.74, 6) is 0.971. The van der Waals surface area contributed by atoms with Gasteiger partial charge in [-0.3, -0.25) is 14.4 Å². The fourth-order valence-corrected chi connectivity index (χ4v) is 7.40. The summed E-state index contributed by atoms with van der Waals surface area (Å²) < 4.78 is 0. The van der Waals surface area contributed by atoms with Crippen LogP contribution in [0.4, 0.5) is 11.4 Å². The van der Waals surface area contributed by atoms with Gasteiger partial charge in [0.2, 0.25) is 0 Å². The average Bonchev–Trinajstić information content (AvgIpc) is 3.18. The Kier molecular flexibility index (Phi) is 11.2. The van der Waals surface area contributed by atoms with E-state index in [1.165, 1.54) is 22.6 Å². The number of carbonyl (C=O) groups is 3. The second-order valence-corrected chi connectivity index (χ2v) is 13.8. The van der Waals surface area contributed by atoms with Crippen molar-refractivity contribution < 1.29 is 14.4 Å². The molecule has 7 nitrogen and oxygen atoms in total. The first-order valence-corrected chi connectivity index (χ1v) is 17.1. The first-order valence-electron chi connectivity index (χ1n) is 16.3. The van der Waals surface area contributed by atoms with Gasteiger partial charge in [-0.25, -0.2) is 4.98 Å². The molecule has 44 heavy (non-hydrogen) atoms. The standard InChI is InChI=1S/C36H46N4O3S/c1-25-9-3-6-14-33(25)40-19-8-12-28(17-20-40)21-29-15-16-30(23-32(29)39-36(43)34-24-38-26(2)44-34)35(42)37-18-7-11-27-10-4-5-13-31(41)22-27/h3,6,9,14-16,23-24,27-28H,4-5,7-8,10-13,17-22H2,1-2H3,(H,37,42)(H,39,43). The Balaban J connectivity index is 1.24. The Bertz CT molecular complexity index is 1450. The van der Waals surface area contributed by atoms with Crippen LogP contribution in [0.2, 0.25) is 0 Å². The molecule has 2 amide bonds. The van der Waals surface area contributed by atoms with E-state index in [0.717, 1.165) is 87.9 Å². The van der Waals surface area contributed by atoms with Crippen LogP contribution in [-0.4, -0.2) is 42.2 Å². The van der Waals surface area contributed by atoms with Gasteiger partial charge >= 0.3 is 0 Å². The molecule has 0 spiro atoms. The molecule has 0 bridgehead atoms. The highest BCUT2D eigenvalue weighted by Crippen LogP contribution is 2.30. The number of aryl methyl sites for hydroxylation is 2. The fourth-order valence-electron chi connectivity index (χ4n) is 6.72. The number of Topliss-reactive ketones (excluding diaryl/α,β-unsaturated/α-hetero) is 1. The van der Waals surface area contributed by atoms with Crippen LogP contribution in [0, 0.1) is 25.7 Å². The normalized spacial score (nSPS) is 19.2. The molecule has 234 valence electrons. The number of anilines is 2. The molecular formula is C36H46N4O3S. The predicted octanol–water partition coefficient (Wildman–Crippen LogP) is 7.52. The highest BCUT2D eigenvalue weighted by Gasteiger charge is 2.22. The second-order valence-electron chi connectivity index (χ2n) is 12.6. The van der Waals surface area contributed by atoms with E-state index in [-0.39, 0.29) is 11.8 Å². The zero-order chi connectivity index (χ0) is 30.9. The summed E-state index contributed by atoms with van der Waals surface area (Å²) in [7, 11) is 0. The van der Waals surface area contributed by atoms with Crippen LogP contribution in [0.1, 0.15) is 100 Å². The molecule has 0 radical (unpaired) electrons. The number of para-hydroxylation sites is 1. The van der Waals surface area contributed by atoms with Gasteiger partial charge in [-0.15, -0.1) is 11.3 Å². The number of ketones is 1. The molecule has 2 aromatic carbocycles. The number of benzene rings is 2. The molecule has 2 fully saturated rings. The molecule has 1 aromatic heterocycles. The van der Waals surface area contributed by atoms with E-state index in [1.807, 2.05) is 25.1 Å². The van der Waals surface area contributed by atoms with Crippen molar-refractivity contribution in [1.82, 2.24) is 10.3 Å². The Hall–Kier alpha value is -3.52. The first kappa shape index (κ1) is 31.9. The summed E-state index contributed by atoms with van der Waals surface area (Å²) in [5.41, 5.74) is 4.93. The van der Waals surface area contributed by atoms with Gasteiger partial charge in [0.15, 0.2) is 0 Å². The maximum Gasteiger partial charge on any atom is 0.267 e. The van der Waals surface area contributed by atoms with Crippen molar-refractivity contribution in [2.75, 3.05) is 29.9 Å². The van der Waals surface area contributed by atoms with Crippen molar-refractivity contribution in [1.29, 1.82) is 0 Å². The lowest BCUT2D eigenvalue weighted by atomic mass is 9.91. The van der Waals surface area contributed by atoms with Crippen LogP contribution in [-0.2, 0) is 11.2 Å². The highest BCUT2D eigenvalue weighted by molar-refractivity contribution is 7.13. The van der Waals surface area contributed by atoms with E-state index in [9.17, 15) is 14.4 Å². The monoisotopic (exact) mass is 614 g/mol. The van der Waals surface area contributed by atoms with Crippen molar-refractivity contribution in [3.63, 3.8) is 0 Å². The smallest absolute Gasteiger partial charge is 0.267 e. The number of rotatable bonds is 10. The van der Waals surface area contributed by atoms with Crippen LogP contribution in [0.15, 0.2) is 48.7 Å². The van der Waals surface area contributed by atoms with Crippen LogP contribution in [0.25, 0.3) is 0 Å². The maximum atomic E-state index is 13.2. The second kappa shape index (κ2) is 15.5. The molecule has 1 saturated carbocycles. The average molecular weight is 615 g/mol. The van der Waals surface area contributed by atoms with Gasteiger partial charge < -0.3 is 15.5 Å². The number of carbonyl (C=O) groups excluding carboxylic acids is 3. The molecule has 1 aliphatic heterocycles. The quantitative estimate of drug-likeness (QED) is 0.182. The molecule has 2 N–H and O–H groups in total. The van der Waals surface area contributed by atoms with Crippen molar-refractivity contribution in [2.24, 2.45) is 11.8 Å². The third-order valence-corrected chi connectivity index (χ3v) is 10.1. The summed E-state index contributed by atoms with van der Waals surface area (Å²) in [4.78, 5) is 45.6. The van der Waals surface area contributed by atoms with Crippen LogP contribution in [0.3, 0.4) is 0 Å². The predicted molar refractivity (Wildman–Crippen MR) is 179 cm³/mol. The van der Waals surface area contributed by atoms with Gasteiger partial charge in [0.1, 0.15) is 10.7 Å². The molecule has 3 aromatic rings. The van der Waals surface area contributed by atoms with Gasteiger partial charge in [0.25, 0.3) is 11.8 Å². The number of amides is 2. The minimum absolute atomic E-state index is 0.138. The molecular weight excluding hydrogens is 568 g/mol. The van der Waals surface area contributed by atoms with E-state index in [1.54, 1.807) is 6.20 Å². The summed E-state index contributed by atoms with van der Waals surface area (Å²) >= 11 is 1.37. The highest BCUT2D eigenvalue weighted by atomic mass is 32.1. The van der Waals surface area contributed by atoms with E-state index < -0.39 is 0 Å². The Morgan fingerprint density at radius 1 is 0.977 bits per heavy atom. The Morgan fingerprint density at radius 2 is 1.82 bits per heavy atom. The molecule has 2 unspecified atom stereocenters. The van der Waals surface area contributed by atoms with Crippen molar-refractivity contribution in [3.05, 3.63) is 75.2 Å². The van der Waals surface area contributed by atoms with E-state index in [4.69, 9.17) is 0 Å². The van der Waals surface area contributed by atoms with Crippen LogP contribution in [0.5, 0.6) is 0 Å². The van der Waals surface area contributed by atoms with Crippen molar-refractivity contribution >= 4 is 40.3 Å². The zero-order valence-electron chi connectivity index (χ0n) is 26.2.